The third kappa shape index (κ3) is 1.88. The van der Waals surface area contributed by atoms with Gasteiger partial charge in [-0.3, -0.25) is 4.57 Å². The molecule has 0 aliphatic carbocycles. The third-order valence-electron chi connectivity index (χ3n) is 6.20. The van der Waals surface area contributed by atoms with Crippen molar-refractivity contribution in [3.63, 3.8) is 0 Å². The number of imidazole rings is 1. The quantitative estimate of drug-likeness (QED) is 0.224. The maximum atomic E-state index is 4.65. The molecule has 0 amide bonds. The minimum atomic E-state index is 1.02. The number of rotatable bonds is 1. The first kappa shape index (κ1) is 15.1. The Morgan fingerprint density at radius 2 is 1.21 bits per heavy atom. The van der Waals surface area contributed by atoms with Crippen LogP contribution < -0.4 is 0 Å². The Bertz CT molecular complexity index is 1700. The lowest BCUT2D eigenvalue weighted by molar-refractivity contribution is 1.11. The van der Waals surface area contributed by atoms with Crippen LogP contribution in [0.15, 0.2) is 97.3 Å². The number of hydrogen-bond acceptors (Lipinski definition) is 1. The minimum absolute atomic E-state index is 1.02. The molecule has 0 aliphatic rings. The molecule has 7 aromatic rings. The zero-order valence-corrected chi connectivity index (χ0v) is 15.6. The highest BCUT2D eigenvalue weighted by Crippen LogP contribution is 2.42. The van der Waals surface area contributed by atoms with Gasteiger partial charge in [0.25, 0.3) is 0 Å². The molecule has 2 nitrogen and oxygen atoms in total. The van der Waals surface area contributed by atoms with Crippen LogP contribution in [0.5, 0.6) is 0 Å². The van der Waals surface area contributed by atoms with E-state index in [1.54, 1.807) is 0 Å². The molecule has 1 heterocycles. The van der Waals surface area contributed by atoms with Crippen LogP contribution in [0.3, 0.4) is 0 Å². The highest BCUT2D eigenvalue weighted by atomic mass is 15.0. The zero-order valence-electron chi connectivity index (χ0n) is 15.6. The monoisotopic (exact) mass is 368 g/mol. The van der Waals surface area contributed by atoms with Crippen molar-refractivity contribution in [1.29, 1.82) is 0 Å². The second kappa shape index (κ2) is 5.33. The maximum absolute atomic E-state index is 4.65. The smallest absolute Gasteiger partial charge is 0.100 e. The fraction of sp³-hybridized carbons (Fsp3) is 0. The van der Waals surface area contributed by atoms with Crippen molar-refractivity contribution >= 4 is 54.1 Å². The Hall–Kier alpha value is -3.91. The highest BCUT2D eigenvalue weighted by Gasteiger charge is 2.17. The van der Waals surface area contributed by atoms with Crippen LogP contribution in [0, 0.1) is 0 Å². The summed E-state index contributed by atoms with van der Waals surface area (Å²) in [5.74, 6) is 0. The van der Waals surface area contributed by atoms with E-state index in [2.05, 4.69) is 94.5 Å². The van der Waals surface area contributed by atoms with Gasteiger partial charge in [-0.05, 0) is 55.9 Å². The first-order chi connectivity index (χ1) is 14.4. The van der Waals surface area contributed by atoms with Crippen molar-refractivity contribution in [2.75, 3.05) is 0 Å². The van der Waals surface area contributed by atoms with Gasteiger partial charge in [-0.2, -0.15) is 0 Å². The topological polar surface area (TPSA) is 17.8 Å². The van der Waals surface area contributed by atoms with E-state index in [0.717, 1.165) is 11.0 Å². The van der Waals surface area contributed by atoms with Gasteiger partial charge in [-0.25, -0.2) is 4.98 Å². The summed E-state index contributed by atoms with van der Waals surface area (Å²) >= 11 is 0. The van der Waals surface area contributed by atoms with Gasteiger partial charge < -0.3 is 0 Å². The van der Waals surface area contributed by atoms with E-state index in [0.29, 0.717) is 0 Å². The summed E-state index contributed by atoms with van der Waals surface area (Å²) < 4.78 is 2.23. The number of nitrogens with zero attached hydrogens (tertiary/aromatic N) is 2. The standard InChI is InChI=1S/C27H16N2/c1-2-13-23-22(12-1)28-16-29(23)24-15-14-18-8-4-10-20-19-9-3-6-17-7-5-11-21(25(17)19)27(24)26(18)20/h1-16H. The Kier molecular flexibility index (Phi) is 2.77. The van der Waals surface area contributed by atoms with E-state index in [9.17, 15) is 0 Å². The summed E-state index contributed by atoms with van der Waals surface area (Å²) in [6.07, 6.45) is 1.95. The van der Waals surface area contributed by atoms with Crippen LogP contribution in [-0.4, -0.2) is 9.55 Å². The van der Waals surface area contributed by atoms with E-state index in [-0.39, 0.29) is 0 Å². The lowest BCUT2D eigenvalue weighted by atomic mass is 9.89. The second-order valence-corrected chi connectivity index (χ2v) is 7.68. The molecule has 0 aliphatic heterocycles. The van der Waals surface area contributed by atoms with E-state index < -0.39 is 0 Å². The van der Waals surface area contributed by atoms with Gasteiger partial charge in [-0.1, -0.05) is 72.8 Å². The molecule has 7 rings (SSSR count). The number of para-hydroxylation sites is 2. The molecule has 0 saturated carbocycles. The predicted octanol–water partition coefficient (Wildman–Crippen LogP) is 7.08. The third-order valence-corrected chi connectivity index (χ3v) is 6.20. The van der Waals surface area contributed by atoms with Crippen molar-refractivity contribution in [1.82, 2.24) is 9.55 Å². The van der Waals surface area contributed by atoms with E-state index in [1.807, 2.05) is 12.4 Å². The fourth-order valence-electron chi connectivity index (χ4n) is 4.99. The van der Waals surface area contributed by atoms with E-state index in [4.69, 9.17) is 0 Å². The number of aromatic nitrogens is 2. The first-order valence-electron chi connectivity index (χ1n) is 9.91. The number of hydrogen-bond donors (Lipinski definition) is 0. The lowest BCUT2D eigenvalue weighted by Gasteiger charge is -2.17. The van der Waals surface area contributed by atoms with Crippen molar-refractivity contribution in [3.05, 3.63) is 97.3 Å². The van der Waals surface area contributed by atoms with Gasteiger partial charge in [0, 0.05) is 5.39 Å². The predicted molar refractivity (Wildman–Crippen MR) is 122 cm³/mol. The van der Waals surface area contributed by atoms with Crippen LogP contribution in [0.25, 0.3) is 59.8 Å². The molecule has 0 bridgehead atoms. The summed E-state index contributed by atoms with van der Waals surface area (Å²) in [5.41, 5.74) is 3.33. The molecule has 6 aromatic carbocycles. The molecule has 0 N–H and O–H groups in total. The first-order valence-corrected chi connectivity index (χ1v) is 9.91. The molecule has 0 spiro atoms. The summed E-state index contributed by atoms with van der Waals surface area (Å²) in [7, 11) is 0. The Balaban J connectivity index is 1.80. The number of benzene rings is 6. The van der Waals surface area contributed by atoms with Crippen LogP contribution in [0.4, 0.5) is 0 Å². The summed E-state index contributed by atoms with van der Waals surface area (Å²) in [5, 5.41) is 10.5. The lowest BCUT2D eigenvalue weighted by Crippen LogP contribution is -1.96. The van der Waals surface area contributed by atoms with E-state index in [1.165, 1.54) is 48.8 Å². The maximum Gasteiger partial charge on any atom is 0.100 e. The summed E-state index contributed by atoms with van der Waals surface area (Å²) in [6.45, 7) is 0. The average Bonchev–Trinajstić information content (AvgIpc) is 3.21. The molecular weight excluding hydrogens is 352 g/mol. The SMILES string of the molecule is c1ccc2c(c1)ncn2-c1ccc2cccc3c4cccc5cccc(c1c23)c54. The van der Waals surface area contributed by atoms with Crippen LogP contribution in [0.1, 0.15) is 0 Å². The molecule has 134 valence electrons. The van der Waals surface area contributed by atoms with Gasteiger partial charge in [0.1, 0.15) is 6.33 Å². The summed E-state index contributed by atoms with van der Waals surface area (Å²) in [4.78, 5) is 4.65. The summed E-state index contributed by atoms with van der Waals surface area (Å²) in [6, 6.07) is 32.7. The molecular formula is C27H16N2. The van der Waals surface area contributed by atoms with Gasteiger partial charge in [-0.15, -0.1) is 0 Å². The molecule has 0 radical (unpaired) electrons. The van der Waals surface area contributed by atoms with Crippen LogP contribution in [0.2, 0.25) is 0 Å². The van der Waals surface area contributed by atoms with Gasteiger partial charge in [0.2, 0.25) is 0 Å². The highest BCUT2D eigenvalue weighted by molar-refractivity contribution is 6.34. The molecule has 2 heteroatoms. The van der Waals surface area contributed by atoms with Gasteiger partial charge in [0.05, 0.1) is 16.7 Å². The Morgan fingerprint density at radius 3 is 2.03 bits per heavy atom. The normalized spacial score (nSPS) is 12.1. The molecule has 0 saturated heterocycles. The van der Waals surface area contributed by atoms with Crippen LogP contribution >= 0.6 is 0 Å². The molecule has 1 aromatic heterocycles. The number of fused-ring (bicyclic) bond motifs is 3. The average molecular weight is 368 g/mol. The van der Waals surface area contributed by atoms with E-state index >= 15 is 0 Å². The van der Waals surface area contributed by atoms with Crippen molar-refractivity contribution in [3.8, 4) is 5.69 Å². The molecule has 29 heavy (non-hydrogen) atoms. The van der Waals surface area contributed by atoms with Crippen molar-refractivity contribution < 1.29 is 0 Å². The molecule has 0 unspecified atom stereocenters. The van der Waals surface area contributed by atoms with Gasteiger partial charge >= 0.3 is 0 Å². The zero-order chi connectivity index (χ0) is 18.9. The Labute approximate surface area is 167 Å². The molecule has 0 fully saturated rings. The second-order valence-electron chi connectivity index (χ2n) is 7.68. The van der Waals surface area contributed by atoms with Crippen molar-refractivity contribution in [2.24, 2.45) is 0 Å². The fourth-order valence-corrected chi connectivity index (χ4v) is 4.99. The largest absolute Gasteiger partial charge is 0.298 e. The van der Waals surface area contributed by atoms with Crippen LogP contribution in [-0.2, 0) is 0 Å². The Morgan fingerprint density at radius 1 is 0.517 bits per heavy atom. The molecule has 0 atom stereocenters. The van der Waals surface area contributed by atoms with Gasteiger partial charge in [0.15, 0.2) is 0 Å². The van der Waals surface area contributed by atoms with Crippen molar-refractivity contribution in [2.45, 2.75) is 0 Å². The minimum Gasteiger partial charge on any atom is -0.298 e.